The molecule has 4 heteroatoms. The lowest BCUT2D eigenvalue weighted by atomic mass is 10.1. The van der Waals surface area contributed by atoms with Crippen molar-refractivity contribution in [1.29, 1.82) is 0 Å². The molecule has 1 heterocycles. The van der Waals surface area contributed by atoms with Crippen LogP contribution in [0.2, 0.25) is 0 Å². The fourth-order valence-corrected chi connectivity index (χ4v) is 2.68. The van der Waals surface area contributed by atoms with Crippen LogP contribution < -0.4 is 10.3 Å². The zero-order chi connectivity index (χ0) is 13.2. The summed E-state index contributed by atoms with van der Waals surface area (Å²) in [6.07, 6.45) is 5.37. The minimum Gasteiger partial charge on any atom is -0.497 e. The van der Waals surface area contributed by atoms with E-state index in [1.807, 2.05) is 24.3 Å². The van der Waals surface area contributed by atoms with E-state index >= 15 is 0 Å². The Morgan fingerprint density at radius 1 is 1.11 bits per heavy atom. The maximum atomic E-state index is 12.4. The van der Waals surface area contributed by atoms with E-state index in [4.69, 9.17) is 4.74 Å². The third-order valence-electron chi connectivity index (χ3n) is 3.76. The summed E-state index contributed by atoms with van der Waals surface area (Å²) in [6, 6.07) is 7.54. The molecule has 3 rings (SSSR count). The first-order valence-electron chi connectivity index (χ1n) is 6.77. The molecule has 1 aromatic heterocycles. The molecule has 100 valence electrons. The highest BCUT2D eigenvalue weighted by molar-refractivity contribution is 5.38. The number of ether oxygens (including phenoxy) is 1. The van der Waals surface area contributed by atoms with Crippen LogP contribution in [0, 0.1) is 0 Å². The normalized spacial score (nSPS) is 14.8. The van der Waals surface area contributed by atoms with Crippen molar-refractivity contribution in [3.05, 3.63) is 45.9 Å². The van der Waals surface area contributed by atoms with Crippen LogP contribution in [-0.2, 0) is 12.8 Å². The minimum absolute atomic E-state index is 0.0991. The second-order valence-corrected chi connectivity index (χ2v) is 4.97. The van der Waals surface area contributed by atoms with Crippen molar-refractivity contribution >= 4 is 0 Å². The molecule has 19 heavy (non-hydrogen) atoms. The number of nitrogens with zero attached hydrogens (tertiary/aromatic N) is 1. The first-order valence-corrected chi connectivity index (χ1v) is 6.77. The fourth-order valence-electron chi connectivity index (χ4n) is 2.68. The Labute approximate surface area is 112 Å². The molecule has 1 aliphatic carbocycles. The molecule has 0 fully saturated rings. The molecule has 0 bridgehead atoms. The maximum absolute atomic E-state index is 12.4. The first-order chi connectivity index (χ1) is 9.29. The third-order valence-corrected chi connectivity index (χ3v) is 3.76. The van der Waals surface area contributed by atoms with Crippen LogP contribution in [0.15, 0.2) is 29.1 Å². The summed E-state index contributed by atoms with van der Waals surface area (Å²) in [7, 11) is 1.64. The van der Waals surface area contributed by atoms with Gasteiger partial charge in [0.25, 0.3) is 5.56 Å². The van der Waals surface area contributed by atoms with Gasteiger partial charge in [-0.1, -0.05) is 6.42 Å². The molecule has 0 radical (unpaired) electrons. The van der Waals surface area contributed by atoms with Gasteiger partial charge in [-0.25, -0.2) is 4.68 Å². The molecule has 0 atom stereocenters. The number of aromatic amines is 1. The van der Waals surface area contributed by atoms with Gasteiger partial charge in [-0.2, -0.15) is 0 Å². The van der Waals surface area contributed by atoms with E-state index in [1.165, 1.54) is 6.42 Å². The summed E-state index contributed by atoms with van der Waals surface area (Å²) in [4.78, 5) is 12.4. The lowest BCUT2D eigenvalue weighted by Gasteiger charge is -2.04. The number of nitrogens with one attached hydrogen (secondary N) is 1. The number of aryl methyl sites for hydroxylation is 1. The van der Waals surface area contributed by atoms with E-state index in [-0.39, 0.29) is 5.56 Å². The Balaban J connectivity index is 2.03. The van der Waals surface area contributed by atoms with Crippen LogP contribution in [0.4, 0.5) is 0 Å². The van der Waals surface area contributed by atoms with Gasteiger partial charge in [-0.05, 0) is 49.9 Å². The monoisotopic (exact) mass is 258 g/mol. The van der Waals surface area contributed by atoms with Gasteiger partial charge < -0.3 is 4.74 Å². The summed E-state index contributed by atoms with van der Waals surface area (Å²) in [5, 5.41) is 3.26. The second-order valence-electron chi connectivity index (χ2n) is 4.97. The summed E-state index contributed by atoms with van der Waals surface area (Å²) < 4.78 is 6.78. The molecule has 0 aliphatic heterocycles. The number of methoxy groups -OCH3 is 1. The Hall–Kier alpha value is -1.97. The molecule has 1 aliphatic rings. The number of hydrogen-bond acceptors (Lipinski definition) is 2. The van der Waals surface area contributed by atoms with Gasteiger partial charge in [-0.3, -0.25) is 9.89 Å². The summed E-state index contributed by atoms with van der Waals surface area (Å²) in [5.74, 6) is 0.796. The molecule has 4 nitrogen and oxygen atoms in total. The van der Waals surface area contributed by atoms with Crippen LogP contribution in [0.1, 0.15) is 30.5 Å². The SMILES string of the molecule is COc1ccc(-n2[nH]c3c(c2=O)CCCCC3)cc1. The van der Waals surface area contributed by atoms with E-state index in [2.05, 4.69) is 5.10 Å². The van der Waals surface area contributed by atoms with Gasteiger partial charge in [0.2, 0.25) is 0 Å². The predicted octanol–water partition coefficient (Wildman–Crippen LogP) is 2.44. The quantitative estimate of drug-likeness (QED) is 0.841. The van der Waals surface area contributed by atoms with Crippen molar-refractivity contribution in [2.45, 2.75) is 32.1 Å². The van der Waals surface area contributed by atoms with Crippen LogP contribution in [0.5, 0.6) is 5.75 Å². The van der Waals surface area contributed by atoms with Gasteiger partial charge in [0.05, 0.1) is 12.8 Å². The number of hydrogen-bond donors (Lipinski definition) is 1. The fraction of sp³-hybridized carbons (Fsp3) is 0.400. The molecule has 0 unspecified atom stereocenters. The molecule has 2 aromatic rings. The molecule has 1 aromatic carbocycles. The predicted molar refractivity (Wildman–Crippen MR) is 74.2 cm³/mol. The van der Waals surface area contributed by atoms with E-state index in [0.717, 1.165) is 48.4 Å². The van der Waals surface area contributed by atoms with Gasteiger partial charge in [-0.15, -0.1) is 0 Å². The average Bonchev–Trinajstić information content (AvgIpc) is 2.64. The summed E-state index contributed by atoms with van der Waals surface area (Å²) in [5.41, 5.74) is 3.03. The van der Waals surface area contributed by atoms with Crippen molar-refractivity contribution in [1.82, 2.24) is 9.78 Å². The lowest BCUT2D eigenvalue weighted by molar-refractivity contribution is 0.414. The molecular formula is C15H18N2O2. The number of H-pyrrole nitrogens is 1. The highest BCUT2D eigenvalue weighted by Crippen LogP contribution is 2.18. The Kier molecular flexibility index (Phi) is 3.15. The Morgan fingerprint density at radius 3 is 2.58 bits per heavy atom. The van der Waals surface area contributed by atoms with E-state index < -0.39 is 0 Å². The van der Waals surface area contributed by atoms with Crippen LogP contribution in [-0.4, -0.2) is 16.9 Å². The van der Waals surface area contributed by atoms with Crippen molar-refractivity contribution in [2.75, 3.05) is 7.11 Å². The molecule has 0 saturated heterocycles. The van der Waals surface area contributed by atoms with Gasteiger partial charge >= 0.3 is 0 Å². The number of rotatable bonds is 2. The summed E-state index contributed by atoms with van der Waals surface area (Å²) in [6.45, 7) is 0. The van der Waals surface area contributed by atoms with E-state index in [0.29, 0.717) is 0 Å². The third kappa shape index (κ3) is 2.18. The average molecular weight is 258 g/mol. The number of aromatic nitrogens is 2. The summed E-state index contributed by atoms with van der Waals surface area (Å²) >= 11 is 0. The van der Waals surface area contributed by atoms with E-state index in [1.54, 1.807) is 11.8 Å². The Morgan fingerprint density at radius 2 is 1.84 bits per heavy atom. The highest BCUT2D eigenvalue weighted by Gasteiger charge is 2.16. The van der Waals surface area contributed by atoms with Crippen LogP contribution in [0.3, 0.4) is 0 Å². The van der Waals surface area contributed by atoms with E-state index in [9.17, 15) is 4.79 Å². The zero-order valence-corrected chi connectivity index (χ0v) is 11.1. The van der Waals surface area contributed by atoms with Crippen LogP contribution in [0.25, 0.3) is 5.69 Å². The molecular weight excluding hydrogens is 240 g/mol. The van der Waals surface area contributed by atoms with Gasteiger partial charge in [0.1, 0.15) is 5.75 Å². The van der Waals surface area contributed by atoms with Crippen molar-refractivity contribution in [3.8, 4) is 11.4 Å². The largest absolute Gasteiger partial charge is 0.497 e. The van der Waals surface area contributed by atoms with Gasteiger partial charge in [0.15, 0.2) is 0 Å². The number of fused-ring (bicyclic) bond motifs is 1. The maximum Gasteiger partial charge on any atom is 0.274 e. The molecule has 0 amide bonds. The smallest absolute Gasteiger partial charge is 0.274 e. The first kappa shape index (κ1) is 12.1. The molecule has 0 spiro atoms. The van der Waals surface area contributed by atoms with Crippen LogP contribution >= 0.6 is 0 Å². The second kappa shape index (κ2) is 4.96. The van der Waals surface area contributed by atoms with Gasteiger partial charge in [0, 0.05) is 11.3 Å². The Bertz CT molecular complexity index is 623. The molecule has 1 N–H and O–H groups in total. The topological polar surface area (TPSA) is 47.0 Å². The van der Waals surface area contributed by atoms with Crippen molar-refractivity contribution in [2.24, 2.45) is 0 Å². The van der Waals surface area contributed by atoms with Crippen molar-refractivity contribution < 1.29 is 4.74 Å². The molecule has 0 saturated carbocycles. The highest BCUT2D eigenvalue weighted by atomic mass is 16.5. The lowest BCUT2D eigenvalue weighted by Crippen LogP contribution is -2.17. The minimum atomic E-state index is 0.0991. The van der Waals surface area contributed by atoms with Crippen molar-refractivity contribution in [3.63, 3.8) is 0 Å². The zero-order valence-electron chi connectivity index (χ0n) is 11.1. The standard InChI is InChI=1S/C15H18N2O2/c1-19-12-9-7-11(8-10-12)17-15(18)13-5-3-2-4-6-14(13)16-17/h7-10,16H,2-6H2,1H3. The number of benzene rings is 1.